The van der Waals surface area contributed by atoms with Gasteiger partial charge in [0.25, 0.3) is 0 Å². The minimum Gasteiger partial charge on any atom is -0.247 e. The van der Waals surface area contributed by atoms with E-state index in [0.717, 1.165) is 12.8 Å². The van der Waals surface area contributed by atoms with Crippen LogP contribution in [0.2, 0.25) is 0 Å². The van der Waals surface area contributed by atoms with Crippen molar-refractivity contribution in [3.63, 3.8) is 0 Å². The van der Waals surface area contributed by atoms with Gasteiger partial charge >= 0.3 is 0 Å². The van der Waals surface area contributed by atoms with Gasteiger partial charge in [0, 0.05) is 10.5 Å². The molecule has 126 valence electrons. The summed E-state index contributed by atoms with van der Waals surface area (Å²) in [4.78, 5) is 0. The fourth-order valence-electron chi connectivity index (χ4n) is 3.37. The van der Waals surface area contributed by atoms with E-state index in [9.17, 15) is 4.39 Å². The number of unbranched alkanes of at least 4 members (excludes halogenated alkanes) is 8. The Morgan fingerprint density at radius 1 is 0.714 bits per heavy atom. The molecule has 3 atom stereocenters. The van der Waals surface area contributed by atoms with E-state index < -0.39 is 6.17 Å². The largest absolute Gasteiger partial charge is 0.247 e. The molecule has 0 bridgehead atoms. The molecule has 21 heavy (non-hydrogen) atoms. The van der Waals surface area contributed by atoms with Gasteiger partial charge in [0.1, 0.15) is 6.17 Å². The first kappa shape index (κ1) is 19.3. The second-order valence-corrected chi connectivity index (χ2v) is 8.46. The molecule has 0 spiro atoms. The van der Waals surface area contributed by atoms with Gasteiger partial charge < -0.3 is 0 Å². The van der Waals surface area contributed by atoms with E-state index in [0.29, 0.717) is 10.5 Å². The lowest BCUT2D eigenvalue weighted by Gasteiger charge is -2.31. The summed E-state index contributed by atoms with van der Waals surface area (Å²) >= 11 is 2.12. The highest BCUT2D eigenvalue weighted by Crippen LogP contribution is 2.38. The minimum absolute atomic E-state index is 0.521. The van der Waals surface area contributed by atoms with Gasteiger partial charge in [0.2, 0.25) is 0 Å². The summed E-state index contributed by atoms with van der Waals surface area (Å²) in [6, 6.07) is 0. The molecule has 0 aromatic carbocycles. The number of hydrogen-bond donors (Lipinski definition) is 0. The van der Waals surface area contributed by atoms with Gasteiger partial charge in [-0.1, -0.05) is 78.1 Å². The third kappa shape index (κ3) is 9.81. The summed E-state index contributed by atoms with van der Waals surface area (Å²) in [5, 5.41) is 1.21. The number of halogens is 1. The first-order chi connectivity index (χ1) is 10.3. The molecule has 1 aliphatic rings. The van der Waals surface area contributed by atoms with E-state index in [1.165, 1.54) is 77.0 Å². The second-order valence-electron chi connectivity index (χ2n) is 6.85. The molecule has 0 aromatic rings. The average molecular weight is 317 g/mol. The normalized spacial score (nSPS) is 26.1. The minimum atomic E-state index is -0.521. The van der Waals surface area contributed by atoms with E-state index in [-0.39, 0.29) is 0 Å². The van der Waals surface area contributed by atoms with Gasteiger partial charge in [0.15, 0.2) is 0 Å². The van der Waals surface area contributed by atoms with E-state index >= 15 is 0 Å². The Balaban J connectivity index is 2.11. The molecule has 1 saturated heterocycles. The molecule has 0 N–H and O–H groups in total. The van der Waals surface area contributed by atoms with Crippen molar-refractivity contribution in [2.24, 2.45) is 0 Å². The smallest absolute Gasteiger partial charge is 0.102 e. The topological polar surface area (TPSA) is 0 Å². The highest BCUT2D eigenvalue weighted by atomic mass is 32.2. The van der Waals surface area contributed by atoms with Crippen molar-refractivity contribution in [1.29, 1.82) is 0 Å². The van der Waals surface area contributed by atoms with Gasteiger partial charge in [-0.25, -0.2) is 4.39 Å². The van der Waals surface area contributed by atoms with Crippen molar-refractivity contribution in [1.82, 2.24) is 0 Å². The van der Waals surface area contributed by atoms with Gasteiger partial charge in [0.05, 0.1) is 0 Å². The number of hydrogen-bond acceptors (Lipinski definition) is 1. The van der Waals surface area contributed by atoms with Gasteiger partial charge in [-0.15, -0.1) is 0 Å². The van der Waals surface area contributed by atoms with Crippen molar-refractivity contribution in [2.75, 3.05) is 0 Å². The van der Waals surface area contributed by atoms with Crippen LogP contribution in [0.5, 0.6) is 0 Å². The summed E-state index contributed by atoms with van der Waals surface area (Å²) in [6.07, 6.45) is 17.0. The predicted octanol–water partition coefficient (Wildman–Crippen LogP) is 7.31. The average Bonchev–Trinajstić information content (AvgIpc) is 2.46. The lowest BCUT2D eigenvalue weighted by Crippen LogP contribution is -2.26. The standard InChI is InChI=1S/C19H37FS/c1-3-5-7-9-11-13-18-15-17(20)16-19(21-18)14-12-10-8-6-4-2/h17-19H,3-16H2,1-2H3/t17?,18-,19+. The second kappa shape index (κ2) is 12.8. The van der Waals surface area contributed by atoms with E-state index in [2.05, 4.69) is 25.6 Å². The molecule has 1 fully saturated rings. The molecule has 2 heteroatoms. The van der Waals surface area contributed by atoms with Crippen molar-refractivity contribution in [3.05, 3.63) is 0 Å². The first-order valence-corrected chi connectivity index (χ1v) is 10.5. The van der Waals surface area contributed by atoms with Crippen molar-refractivity contribution >= 4 is 11.8 Å². The lowest BCUT2D eigenvalue weighted by atomic mass is 10.0. The van der Waals surface area contributed by atoms with Crippen LogP contribution >= 0.6 is 11.8 Å². The fourth-order valence-corrected chi connectivity index (χ4v) is 5.16. The molecular formula is C19H37FS. The molecule has 0 radical (unpaired) electrons. The number of thioether (sulfide) groups is 1. The molecule has 1 aliphatic heterocycles. The summed E-state index contributed by atoms with van der Waals surface area (Å²) in [6.45, 7) is 4.52. The van der Waals surface area contributed by atoms with Crippen LogP contribution in [0.1, 0.15) is 104 Å². The molecular weight excluding hydrogens is 279 g/mol. The van der Waals surface area contributed by atoms with E-state index in [1.807, 2.05) is 0 Å². The van der Waals surface area contributed by atoms with E-state index in [4.69, 9.17) is 0 Å². The number of rotatable bonds is 12. The van der Waals surface area contributed by atoms with E-state index in [1.54, 1.807) is 0 Å². The lowest BCUT2D eigenvalue weighted by molar-refractivity contribution is 0.275. The Labute approximate surface area is 137 Å². The van der Waals surface area contributed by atoms with Gasteiger partial charge in [-0.3, -0.25) is 0 Å². The Morgan fingerprint density at radius 2 is 1.14 bits per heavy atom. The van der Waals surface area contributed by atoms with Crippen LogP contribution in [-0.2, 0) is 0 Å². The van der Waals surface area contributed by atoms with Gasteiger partial charge in [-0.2, -0.15) is 11.8 Å². The molecule has 0 aromatic heterocycles. The fraction of sp³-hybridized carbons (Fsp3) is 1.00. The van der Waals surface area contributed by atoms with Crippen LogP contribution in [0.15, 0.2) is 0 Å². The molecule has 0 saturated carbocycles. The van der Waals surface area contributed by atoms with Crippen LogP contribution < -0.4 is 0 Å². The summed E-state index contributed by atoms with van der Waals surface area (Å²) in [7, 11) is 0. The van der Waals surface area contributed by atoms with Crippen LogP contribution in [0.3, 0.4) is 0 Å². The molecule has 0 amide bonds. The first-order valence-electron chi connectivity index (χ1n) is 9.55. The Kier molecular flexibility index (Phi) is 11.8. The summed E-state index contributed by atoms with van der Waals surface area (Å²) in [5.74, 6) is 0. The molecule has 1 rings (SSSR count). The SMILES string of the molecule is CCCCCCC[C@@H]1CC(F)C[C@H](CCCCCCC)S1. The third-order valence-electron chi connectivity index (χ3n) is 4.68. The molecule has 1 unspecified atom stereocenters. The Morgan fingerprint density at radius 3 is 1.57 bits per heavy atom. The Hall–Kier alpha value is 0.280. The summed E-state index contributed by atoms with van der Waals surface area (Å²) in [5.41, 5.74) is 0. The maximum atomic E-state index is 13.9. The zero-order valence-electron chi connectivity index (χ0n) is 14.4. The van der Waals surface area contributed by atoms with Crippen LogP contribution in [-0.4, -0.2) is 16.7 Å². The van der Waals surface area contributed by atoms with Crippen LogP contribution in [0.25, 0.3) is 0 Å². The van der Waals surface area contributed by atoms with Crippen molar-refractivity contribution < 1.29 is 4.39 Å². The quantitative estimate of drug-likeness (QED) is 0.340. The highest BCUT2D eigenvalue weighted by Gasteiger charge is 2.28. The predicted molar refractivity (Wildman–Crippen MR) is 96.0 cm³/mol. The molecule has 1 heterocycles. The maximum Gasteiger partial charge on any atom is 0.102 e. The van der Waals surface area contributed by atoms with Crippen molar-refractivity contribution in [3.8, 4) is 0 Å². The van der Waals surface area contributed by atoms with Crippen LogP contribution in [0.4, 0.5) is 4.39 Å². The maximum absolute atomic E-state index is 13.9. The van der Waals surface area contributed by atoms with Gasteiger partial charge in [-0.05, 0) is 25.7 Å². The number of alkyl halides is 1. The molecule has 0 aliphatic carbocycles. The summed E-state index contributed by atoms with van der Waals surface area (Å²) < 4.78 is 13.9. The monoisotopic (exact) mass is 316 g/mol. The zero-order valence-corrected chi connectivity index (χ0v) is 15.2. The molecule has 0 nitrogen and oxygen atoms in total. The Bertz CT molecular complexity index is 210. The highest BCUT2D eigenvalue weighted by molar-refractivity contribution is 8.00. The zero-order chi connectivity index (χ0) is 15.3. The van der Waals surface area contributed by atoms with Crippen molar-refractivity contribution in [2.45, 2.75) is 120 Å². The van der Waals surface area contributed by atoms with Crippen LogP contribution in [0, 0.1) is 0 Å². The third-order valence-corrected chi connectivity index (χ3v) is 6.31.